The number of nitriles is 1. The third-order valence-corrected chi connectivity index (χ3v) is 3.51. The molecule has 0 saturated carbocycles. The van der Waals surface area contributed by atoms with E-state index in [1.54, 1.807) is 0 Å². The predicted octanol–water partition coefficient (Wildman–Crippen LogP) is 2.41. The molecule has 4 heteroatoms. The summed E-state index contributed by atoms with van der Waals surface area (Å²) in [4.78, 5) is 2.21. The number of aliphatic hydroxyl groups excluding tert-OH is 1. The molecule has 2 rings (SSSR count). The minimum atomic E-state index is 0.152. The van der Waals surface area contributed by atoms with Crippen LogP contribution in [0, 0.1) is 11.3 Å². The predicted molar refractivity (Wildman–Crippen MR) is 79.4 cm³/mol. The zero-order valence-corrected chi connectivity index (χ0v) is 11.9. The van der Waals surface area contributed by atoms with E-state index in [1.807, 2.05) is 35.0 Å². The fourth-order valence-corrected chi connectivity index (χ4v) is 2.46. The molecular formula is C16H21N3O. The van der Waals surface area contributed by atoms with E-state index in [1.165, 1.54) is 0 Å². The fraction of sp³-hybridized carbons (Fsp3) is 0.438. The van der Waals surface area contributed by atoms with Crippen molar-refractivity contribution in [3.63, 3.8) is 0 Å². The Bertz CT molecular complexity index is 597. The lowest BCUT2D eigenvalue weighted by Crippen LogP contribution is -2.27. The van der Waals surface area contributed by atoms with Gasteiger partial charge in [-0.25, -0.2) is 0 Å². The second-order valence-electron chi connectivity index (χ2n) is 4.99. The molecule has 0 radical (unpaired) electrons. The quantitative estimate of drug-likeness (QED) is 0.841. The van der Waals surface area contributed by atoms with Gasteiger partial charge in [0.05, 0.1) is 17.7 Å². The summed E-state index contributed by atoms with van der Waals surface area (Å²) < 4.78 is 1.99. The Hall–Kier alpha value is -1.83. The van der Waals surface area contributed by atoms with Crippen LogP contribution in [-0.4, -0.2) is 34.1 Å². The lowest BCUT2D eigenvalue weighted by atomic mass is 10.1. The van der Waals surface area contributed by atoms with Gasteiger partial charge in [-0.1, -0.05) is 19.4 Å². The molecule has 1 N–H and O–H groups in total. The van der Waals surface area contributed by atoms with Crippen LogP contribution < -0.4 is 0 Å². The number of fused-ring (bicyclic) bond motifs is 1. The standard InChI is InChI=1S/C16H21N3O/c1-2-3-7-18(9-10-20)12-14-13-19-8-5-4-6-16(19)15(14)11-17/h4-6,8,13,20H,2-3,7,9-10,12H2,1H3. The number of hydrogen-bond acceptors (Lipinski definition) is 3. The van der Waals surface area contributed by atoms with Gasteiger partial charge < -0.3 is 9.51 Å². The highest BCUT2D eigenvalue weighted by Gasteiger charge is 2.13. The van der Waals surface area contributed by atoms with Crippen molar-refractivity contribution in [2.45, 2.75) is 26.3 Å². The molecule has 0 spiro atoms. The maximum atomic E-state index is 9.39. The Labute approximate surface area is 119 Å². The number of unbranched alkanes of at least 4 members (excludes halogenated alkanes) is 1. The lowest BCUT2D eigenvalue weighted by molar-refractivity contribution is 0.188. The van der Waals surface area contributed by atoms with Gasteiger partial charge in [-0.05, 0) is 25.1 Å². The second kappa shape index (κ2) is 7.09. The molecule has 0 amide bonds. The number of pyridine rings is 1. The molecule has 0 saturated heterocycles. The molecular weight excluding hydrogens is 250 g/mol. The van der Waals surface area contributed by atoms with Gasteiger partial charge in [-0.15, -0.1) is 0 Å². The monoisotopic (exact) mass is 271 g/mol. The van der Waals surface area contributed by atoms with Gasteiger partial charge in [0.1, 0.15) is 6.07 Å². The normalized spacial score (nSPS) is 11.1. The van der Waals surface area contributed by atoms with Gasteiger partial charge in [-0.3, -0.25) is 4.90 Å². The molecule has 0 aliphatic rings. The van der Waals surface area contributed by atoms with E-state index < -0.39 is 0 Å². The van der Waals surface area contributed by atoms with E-state index in [-0.39, 0.29) is 6.61 Å². The number of aliphatic hydroxyl groups is 1. The van der Waals surface area contributed by atoms with Gasteiger partial charge in [0.15, 0.2) is 0 Å². The van der Waals surface area contributed by atoms with Crippen LogP contribution in [-0.2, 0) is 6.54 Å². The molecule has 106 valence electrons. The first-order valence-electron chi connectivity index (χ1n) is 7.12. The fourth-order valence-electron chi connectivity index (χ4n) is 2.46. The van der Waals surface area contributed by atoms with Gasteiger partial charge in [0.25, 0.3) is 0 Å². The molecule has 4 nitrogen and oxygen atoms in total. The van der Waals surface area contributed by atoms with Crippen molar-refractivity contribution in [3.8, 4) is 6.07 Å². The minimum Gasteiger partial charge on any atom is -0.395 e. The average molecular weight is 271 g/mol. The summed E-state index contributed by atoms with van der Waals surface area (Å²) in [6.45, 7) is 4.62. The van der Waals surface area contributed by atoms with Gasteiger partial charge >= 0.3 is 0 Å². The molecule has 0 aliphatic heterocycles. The summed E-state index contributed by atoms with van der Waals surface area (Å²) in [5.41, 5.74) is 2.72. The molecule has 0 fully saturated rings. The van der Waals surface area contributed by atoms with Crippen molar-refractivity contribution in [1.29, 1.82) is 5.26 Å². The van der Waals surface area contributed by atoms with Crippen LogP contribution in [0.4, 0.5) is 0 Å². The molecule has 2 aromatic heterocycles. The zero-order chi connectivity index (χ0) is 14.4. The van der Waals surface area contributed by atoms with Gasteiger partial charge in [0.2, 0.25) is 0 Å². The summed E-state index contributed by atoms with van der Waals surface area (Å²) in [5.74, 6) is 0. The van der Waals surface area contributed by atoms with E-state index in [9.17, 15) is 5.26 Å². The molecule has 0 aliphatic carbocycles. The highest BCUT2D eigenvalue weighted by Crippen LogP contribution is 2.19. The largest absolute Gasteiger partial charge is 0.395 e. The summed E-state index contributed by atoms with van der Waals surface area (Å²) in [6.07, 6.45) is 6.21. The Morgan fingerprint density at radius 3 is 2.90 bits per heavy atom. The Morgan fingerprint density at radius 2 is 2.20 bits per heavy atom. The molecule has 0 aromatic carbocycles. The third-order valence-electron chi connectivity index (χ3n) is 3.51. The maximum Gasteiger partial charge on any atom is 0.102 e. The lowest BCUT2D eigenvalue weighted by Gasteiger charge is -2.20. The van der Waals surface area contributed by atoms with Crippen LogP contribution in [0.15, 0.2) is 30.6 Å². The van der Waals surface area contributed by atoms with E-state index in [4.69, 9.17) is 5.11 Å². The smallest absolute Gasteiger partial charge is 0.102 e. The van der Waals surface area contributed by atoms with Crippen LogP contribution in [0.1, 0.15) is 30.9 Å². The summed E-state index contributed by atoms with van der Waals surface area (Å²) in [7, 11) is 0. The third kappa shape index (κ3) is 3.19. The first-order valence-corrected chi connectivity index (χ1v) is 7.12. The maximum absolute atomic E-state index is 9.39. The number of rotatable bonds is 7. The molecule has 0 unspecified atom stereocenters. The summed E-state index contributed by atoms with van der Waals surface area (Å²) in [5, 5.41) is 18.6. The summed E-state index contributed by atoms with van der Waals surface area (Å²) >= 11 is 0. The molecule has 20 heavy (non-hydrogen) atoms. The number of nitrogens with zero attached hydrogens (tertiary/aromatic N) is 3. The highest BCUT2D eigenvalue weighted by atomic mass is 16.3. The van der Waals surface area contributed by atoms with Gasteiger partial charge in [-0.2, -0.15) is 5.26 Å². The van der Waals surface area contributed by atoms with Crippen molar-refractivity contribution in [2.24, 2.45) is 0 Å². The van der Waals surface area contributed by atoms with E-state index in [0.717, 1.165) is 36.0 Å². The molecule has 2 heterocycles. The van der Waals surface area contributed by atoms with Crippen molar-refractivity contribution < 1.29 is 5.11 Å². The van der Waals surface area contributed by atoms with E-state index >= 15 is 0 Å². The second-order valence-corrected chi connectivity index (χ2v) is 4.99. The highest BCUT2D eigenvalue weighted by molar-refractivity contribution is 5.65. The van der Waals surface area contributed by atoms with E-state index in [2.05, 4.69) is 17.9 Å². The van der Waals surface area contributed by atoms with E-state index in [0.29, 0.717) is 13.1 Å². The van der Waals surface area contributed by atoms with Crippen LogP contribution in [0.25, 0.3) is 5.52 Å². The van der Waals surface area contributed by atoms with Crippen LogP contribution in [0.2, 0.25) is 0 Å². The van der Waals surface area contributed by atoms with Crippen molar-refractivity contribution in [1.82, 2.24) is 9.30 Å². The zero-order valence-electron chi connectivity index (χ0n) is 11.9. The Balaban J connectivity index is 2.25. The average Bonchev–Trinajstić information content (AvgIpc) is 2.82. The Kier molecular flexibility index (Phi) is 5.16. The van der Waals surface area contributed by atoms with Crippen molar-refractivity contribution >= 4 is 5.52 Å². The van der Waals surface area contributed by atoms with Gasteiger partial charge in [0, 0.05) is 31.0 Å². The first kappa shape index (κ1) is 14.6. The molecule has 2 aromatic rings. The summed E-state index contributed by atoms with van der Waals surface area (Å²) in [6, 6.07) is 8.18. The van der Waals surface area contributed by atoms with Crippen LogP contribution in [0.5, 0.6) is 0 Å². The molecule has 0 bridgehead atoms. The number of hydrogen-bond donors (Lipinski definition) is 1. The van der Waals surface area contributed by atoms with Crippen molar-refractivity contribution in [2.75, 3.05) is 19.7 Å². The van der Waals surface area contributed by atoms with Crippen molar-refractivity contribution in [3.05, 3.63) is 41.7 Å². The van der Waals surface area contributed by atoms with Crippen LogP contribution >= 0.6 is 0 Å². The van der Waals surface area contributed by atoms with Crippen LogP contribution in [0.3, 0.4) is 0 Å². The SMILES string of the molecule is CCCCN(CCO)Cc1cn2ccccc2c1C#N. The Morgan fingerprint density at radius 1 is 1.35 bits per heavy atom. The molecule has 0 atom stereocenters. The number of aromatic nitrogens is 1. The first-order chi connectivity index (χ1) is 9.80. The topological polar surface area (TPSA) is 51.7 Å². The minimum absolute atomic E-state index is 0.152.